The summed E-state index contributed by atoms with van der Waals surface area (Å²) in [6, 6.07) is 26.9. The molecule has 1 unspecified atom stereocenters. The SMILES string of the molecule is CCC(Sc1cccc(NC(=O)/C(=C/c2ccccc2F)NC(=O)c2ccccc2)c1)C(=O)Nc1nc2ccc(OC)cc2s1. The quantitative estimate of drug-likeness (QED) is 0.103. The average molecular weight is 641 g/mol. The summed E-state index contributed by atoms with van der Waals surface area (Å²) in [5.41, 5.74) is 1.56. The molecule has 1 heterocycles. The topological polar surface area (TPSA) is 109 Å². The van der Waals surface area contributed by atoms with Gasteiger partial charge in [0.15, 0.2) is 5.13 Å². The molecule has 3 amide bonds. The van der Waals surface area contributed by atoms with E-state index >= 15 is 0 Å². The second kappa shape index (κ2) is 14.7. The van der Waals surface area contributed by atoms with Gasteiger partial charge in [0, 0.05) is 21.7 Å². The summed E-state index contributed by atoms with van der Waals surface area (Å²) < 4.78 is 20.6. The zero-order valence-corrected chi connectivity index (χ0v) is 26.0. The van der Waals surface area contributed by atoms with Crippen molar-refractivity contribution in [3.63, 3.8) is 0 Å². The molecule has 0 aliphatic rings. The number of carbonyl (C=O) groups is 3. The third-order valence-electron chi connectivity index (χ3n) is 6.59. The maximum atomic E-state index is 14.5. The maximum Gasteiger partial charge on any atom is 0.272 e. The van der Waals surface area contributed by atoms with Crippen LogP contribution in [0.2, 0.25) is 0 Å². The molecule has 0 spiro atoms. The number of amides is 3. The summed E-state index contributed by atoms with van der Waals surface area (Å²) in [4.78, 5) is 44.7. The first-order chi connectivity index (χ1) is 21.8. The third-order valence-corrected chi connectivity index (χ3v) is 8.88. The van der Waals surface area contributed by atoms with Crippen LogP contribution >= 0.6 is 23.1 Å². The molecule has 0 aliphatic carbocycles. The van der Waals surface area contributed by atoms with Crippen LogP contribution < -0.4 is 20.7 Å². The summed E-state index contributed by atoms with van der Waals surface area (Å²) in [6.07, 6.45) is 1.84. The van der Waals surface area contributed by atoms with Crippen LogP contribution in [0.5, 0.6) is 5.75 Å². The van der Waals surface area contributed by atoms with Gasteiger partial charge in [0.2, 0.25) is 5.91 Å². The van der Waals surface area contributed by atoms with E-state index in [4.69, 9.17) is 4.74 Å². The van der Waals surface area contributed by atoms with Crippen LogP contribution in [0.15, 0.2) is 108 Å². The second-order valence-electron chi connectivity index (χ2n) is 9.74. The molecule has 0 fully saturated rings. The Balaban J connectivity index is 1.30. The highest BCUT2D eigenvalue weighted by Crippen LogP contribution is 2.32. The molecule has 45 heavy (non-hydrogen) atoms. The largest absolute Gasteiger partial charge is 0.497 e. The number of fused-ring (bicyclic) bond motifs is 1. The monoisotopic (exact) mass is 640 g/mol. The maximum absolute atomic E-state index is 14.5. The number of rotatable bonds is 11. The normalized spacial score (nSPS) is 11.9. The molecule has 3 N–H and O–H groups in total. The molecule has 0 radical (unpaired) electrons. The van der Waals surface area contributed by atoms with Crippen molar-refractivity contribution in [3.05, 3.63) is 120 Å². The van der Waals surface area contributed by atoms with Crippen LogP contribution in [0.1, 0.15) is 29.3 Å². The van der Waals surface area contributed by atoms with Crippen LogP contribution in [0.3, 0.4) is 0 Å². The van der Waals surface area contributed by atoms with Crippen LogP contribution in [0, 0.1) is 5.82 Å². The van der Waals surface area contributed by atoms with Gasteiger partial charge in [-0.3, -0.25) is 14.4 Å². The highest BCUT2D eigenvalue weighted by molar-refractivity contribution is 8.00. The molecule has 8 nitrogen and oxygen atoms in total. The van der Waals surface area contributed by atoms with Gasteiger partial charge in [-0.1, -0.05) is 60.7 Å². The summed E-state index contributed by atoms with van der Waals surface area (Å²) >= 11 is 2.72. The Morgan fingerprint density at radius 3 is 2.49 bits per heavy atom. The van der Waals surface area contributed by atoms with Crippen molar-refractivity contribution in [2.24, 2.45) is 0 Å². The molecule has 0 bridgehead atoms. The van der Waals surface area contributed by atoms with Gasteiger partial charge in [-0.2, -0.15) is 0 Å². The number of halogens is 1. The van der Waals surface area contributed by atoms with Crippen LogP contribution in [-0.2, 0) is 9.59 Å². The van der Waals surface area contributed by atoms with Crippen molar-refractivity contribution >= 4 is 67.9 Å². The van der Waals surface area contributed by atoms with Crippen LogP contribution in [0.25, 0.3) is 16.3 Å². The van der Waals surface area contributed by atoms with Gasteiger partial charge in [-0.25, -0.2) is 9.37 Å². The van der Waals surface area contributed by atoms with E-state index in [2.05, 4.69) is 20.9 Å². The zero-order valence-electron chi connectivity index (χ0n) is 24.4. The van der Waals surface area contributed by atoms with Crippen molar-refractivity contribution in [1.82, 2.24) is 10.3 Å². The number of benzene rings is 4. The molecule has 5 aromatic rings. The predicted molar refractivity (Wildman–Crippen MR) is 178 cm³/mol. The first-order valence-electron chi connectivity index (χ1n) is 14.0. The van der Waals surface area contributed by atoms with E-state index < -0.39 is 22.9 Å². The number of carbonyl (C=O) groups excluding carboxylic acids is 3. The molecule has 5 rings (SSSR count). The summed E-state index contributed by atoms with van der Waals surface area (Å²) in [6.45, 7) is 1.92. The van der Waals surface area contributed by atoms with Crippen molar-refractivity contribution in [2.45, 2.75) is 23.5 Å². The molecule has 0 aliphatic heterocycles. The summed E-state index contributed by atoms with van der Waals surface area (Å²) in [5.74, 6) is -1.17. The highest BCUT2D eigenvalue weighted by Gasteiger charge is 2.21. The molecule has 11 heteroatoms. The van der Waals surface area contributed by atoms with E-state index in [-0.39, 0.29) is 17.2 Å². The van der Waals surface area contributed by atoms with Gasteiger partial charge < -0.3 is 20.7 Å². The van der Waals surface area contributed by atoms with E-state index in [1.54, 1.807) is 67.8 Å². The van der Waals surface area contributed by atoms with E-state index in [1.165, 1.54) is 41.3 Å². The zero-order chi connectivity index (χ0) is 31.8. The lowest BCUT2D eigenvalue weighted by molar-refractivity contribution is -0.116. The van der Waals surface area contributed by atoms with Gasteiger partial charge in [0.1, 0.15) is 17.3 Å². The number of hydrogen-bond donors (Lipinski definition) is 3. The Labute approximate surface area is 267 Å². The fraction of sp³-hybridized carbons (Fsp3) is 0.118. The van der Waals surface area contributed by atoms with Crippen molar-refractivity contribution < 1.29 is 23.5 Å². The number of aromatic nitrogens is 1. The number of anilines is 2. The van der Waals surface area contributed by atoms with E-state index in [1.807, 2.05) is 31.2 Å². The van der Waals surface area contributed by atoms with Crippen molar-refractivity contribution in [2.75, 3.05) is 17.7 Å². The van der Waals surface area contributed by atoms with E-state index in [0.29, 0.717) is 28.6 Å². The number of thioether (sulfide) groups is 1. The molecular formula is C34H29FN4O4S2. The first kappa shape index (κ1) is 31.4. The van der Waals surface area contributed by atoms with Gasteiger partial charge >= 0.3 is 0 Å². The lowest BCUT2D eigenvalue weighted by Crippen LogP contribution is -2.30. The minimum absolute atomic E-state index is 0.133. The Hall–Kier alpha value is -5.00. The number of hydrogen-bond acceptors (Lipinski definition) is 7. The third kappa shape index (κ3) is 8.14. The number of nitrogens with zero attached hydrogens (tertiary/aromatic N) is 1. The fourth-order valence-electron chi connectivity index (χ4n) is 4.29. The molecule has 4 aromatic carbocycles. The van der Waals surface area contributed by atoms with Gasteiger partial charge in [-0.05, 0) is 67.1 Å². The Morgan fingerprint density at radius 1 is 0.956 bits per heavy atom. The number of methoxy groups -OCH3 is 1. The Bertz CT molecular complexity index is 1880. The Morgan fingerprint density at radius 2 is 1.73 bits per heavy atom. The predicted octanol–water partition coefficient (Wildman–Crippen LogP) is 7.36. The number of thiazole rings is 1. The first-order valence-corrected chi connectivity index (χ1v) is 15.7. The van der Waals surface area contributed by atoms with Crippen LogP contribution in [-0.4, -0.2) is 35.1 Å². The van der Waals surface area contributed by atoms with Gasteiger partial charge in [0.05, 0.1) is 22.6 Å². The smallest absolute Gasteiger partial charge is 0.272 e. The minimum atomic E-state index is -0.637. The molecule has 1 atom stereocenters. The second-order valence-corrected chi connectivity index (χ2v) is 12.0. The minimum Gasteiger partial charge on any atom is -0.497 e. The van der Waals surface area contributed by atoms with E-state index in [9.17, 15) is 18.8 Å². The van der Waals surface area contributed by atoms with Crippen molar-refractivity contribution in [1.29, 1.82) is 0 Å². The fourth-order valence-corrected chi connectivity index (χ4v) is 6.20. The van der Waals surface area contributed by atoms with Gasteiger partial charge in [0.25, 0.3) is 11.8 Å². The molecular weight excluding hydrogens is 612 g/mol. The lowest BCUT2D eigenvalue weighted by atomic mass is 10.1. The number of nitrogens with one attached hydrogen (secondary N) is 3. The summed E-state index contributed by atoms with van der Waals surface area (Å²) in [5, 5.41) is 8.38. The summed E-state index contributed by atoms with van der Waals surface area (Å²) in [7, 11) is 1.60. The molecule has 228 valence electrons. The van der Waals surface area contributed by atoms with Crippen LogP contribution in [0.4, 0.5) is 15.2 Å². The molecule has 0 saturated carbocycles. The van der Waals surface area contributed by atoms with Gasteiger partial charge in [-0.15, -0.1) is 11.8 Å². The molecule has 0 saturated heterocycles. The Kier molecular flexibility index (Phi) is 10.2. The molecule has 1 aromatic heterocycles. The lowest BCUT2D eigenvalue weighted by Gasteiger charge is -2.15. The average Bonchev–Trinajstić information content (AvgIpc) is 3.46. The number of ether oxygens (including phenoxy) is 1. The standard InChI is InChI=1S/C34H29FN4O4S2/c1-3-29(33(42)39-34-38-27-17-16-24(43-2)20-30(27)45-34)44-25-14-9-13-23(19-25)36-32(41)28(18-22-12-7-8-15-26(22)35)37-31(40)21-10-5-4-6-11-21/h4-20,29H,3H2,1-2H3,(H,36,41)(H,37,40)(H,38,39,42)/b28-18-. The highest BCUT2D eigenvalue weighted by atomic mass is 32.2. The van der Waals surface area contributed by atoms with Crippen molar-refractivity contribution in [3.8, 4) is 5.75 Å². The van der Waals surface area contributed by atoms with E-state index in [0.717, 1.165) is 15.1 Å².